The molecule has 100 valence electrons. The zero-order valence-electron chi connectivity index (χ0n) is 11.0. The second-order valence-electron chi connectivity index (χ2n) is 5.14. The summed E-state index contributed by atoms with van der Waals surface area (Å²) < 4.78 is 26.6. The third-order valence-electron chi connectivity index (χ3n) is 3.48. The Labute approximate surface area is 107 Å². The Balaban J connectivity index is 2.21. The molecule has 1 aromatic carbocycles. The quantitative estimate of drug-likeness (QED) is 0.892. The van der Waals surface area contributed by atoms with Crippen LogP contribution in [0.25, 0.3) is 0 Å². The number of piperidine rings is 1. The summed E-state index contributed by atoms with van der Waals surface area (Å²) in [4.78, 5) is 1.83. The van der Waals surface area contributed by atoms with Crippen molar-refractivity contribution in [1.82, 2.24) is 5.32 Å². The highest BCUT2D eigenvalue weighted by atomic mass is 19.2. The molecule has 2 nitrogen and oxygen atoms in total. The lowest BCUT2D eigenvalue weighted by Crippen LogP contribution is -2.36. The highest BCUT2D eigenvalue weighted by Gasteiger charge is 2.17. The third kappa shape index (κ3) is 2.99. The van der Waals surface area contributed by atoms with E-state index in [2.05, 4.69) is 5.32 Å². The monoisotopic (exact) mass is 254 g/mol. The maximum absolute atomic E-state index is 13.4. The molecule has 1 heterocycles. The summed E-state index contributed by atoms with van der Waals surface area (Å²) >= 11 is 0. The van der Waals surface area contributed by atoms with Crippen molar-refractivity contribution in [3.05, 3.63) is 29.3 Å². The molecule has 0 amide bonds. The average molecular weight is 254 g/mol. The lowest BCUT2D eigenvalue weighted by molar-refractivity contribution is 0.398. The van der Waals surface area contributed by atoms with Crippen LogP contribution in [0.3, 0.4) is 0 Å². The molecule has 0 radical (unpaired) electrons. The normalized spacial score (nSPS) is 19.9. The average Bonchev–Trinajstić information content (AvgIpc) is 2.34. The smallest absolute Gasteiger partial charge is 0.160 e. The first-order valence-electron chi connectivity index (χ1n) is 6.46. The summed E-state index contributed by atoms with van der Waals surface area (Å²) in [7, 11) is 3.70. The van der Waals surface area contributed by atoms with Gasteiger partial charge in [0.2, 0.25) is 0 Å². The number of hydrogen-bond acceptors (Lipinski definition) is 2. The van der Waals surface area contributed by atoms with Gasteiger partial charge in [0.1, 0.15) is 0 Å². The Bertz CT molecular complexity index is 413. The van der Waals surface area contributed by atoms with Crippen LogP contribution in [-0.2, 0) is 6.42 Å². The summed E-state index contributed by atoms with van der Waals surface area (Å²) in [6.07, 6.45) is 4.27. The second-order valence-corrected chi connectivity index (χ2v) is 5.14. The lowest BCUT2D eigenvalue weighted by atomic mass is 9.96. The first-order valence-corrected chi connectivity index (χ1v) is 6.46. The summed E-state index contributed by atoms with van der Waals surface area (Å²) in [6.45, 7) is 1.02. The number of hydrogen-bond donors (Lipinski definition) is 1. The van der Waals surface area contributed by atoms with Gasteiger partial charge in [-0.15, -0.1) is 0 Å². The summed E-state index contributed by atoms with van der Waals surface area (Å²) in [5.74, 6) is -1.54. The number of nitrogens with one attached hydrogen (secondary N) is 1. The molecular weight excluding hydrogens is 234 g/mol. The van der Waals surface area contributed by atoms with Crippen LogP contribution >= 0.6 is 0 Å². The fraction of sp³-hybridized carbons (Fsp3) is 0.571. The van der Waals surface area contributed by atoms with Crippen molar-refractivity contribution in [3.63, 3.8) is 0 Å². The van der Waals surface area contributed by atoms with E-state index in [1.165, 1.54) is 25.0 Å². The largest absolute Gasteiger partial charge is 0.377 e. The molecule has 1 unspecified atom stereocenters. The number of benzene rings is 1. The number of halogens is 2. The van der Waals surface area contributed by atoms with E-state index in [1.807, 2.05) is 19.0 Å². The van der Waals surface area contributed by atoms with Crippen molar-refractivity contribution >= 4 is 5.69 Å². The first-order chi connectivity index (χ1) is 8.58. The molecule has 0 aliphatic carbocycles. The van der Waals surface area contributed by atoms with Gasteiger partial charge in [-0.1, -0.05) is 6.42 Å². The van der Waals surface area contributed by atoms with Gasteiger partial charge in [-0.2, -0.15) is 0 Å². The molecule has 0 spiro atoms. The molecule has 18 heavy (non-hydrogen) atoms. The minimum atomic E-state index is -0.779. The van der Waals surface area contributed by atoms with Gasteiger partial charge in [0.15, 0.2) is 11.6 Å². The van der Waals surface area contributed by atoms with E-state index in [0.29, 0.717) is 6.04 Å². The Kier molecular flexibility index (Phi) is 4.17. The first kappa shape index (κ1) is 13.3. The minimum Gasteiger partial charge on any atom is -0.377 e. The molecule has 1 N–H and O–H groups in total. The summed E-state index contributed by atoms with van der Waals surface area (Å²) in [5.41, 5.74) is 1.64. The van der Waals surface area contributed by atoms with Crippen LogP contribution in [0, 0.1) is 11.6 Å². The lowest BCUT2D eigenvalue weighted by Gasteiger charge is -2.26. The van der Waals surface area contributed by atoms with Crippen LogP contribution in [-0.4, -0.2) is 26.7 Å². The maximum atomic E-state index is 13.4. The Morgan fingerprint density at radius 2 is 1.94 bits per heavy atom. The molecule has 0 saturated carbocycles. The van der Waals surface area contributed by atoms with Crippen molar-refractivity contribution < 1.29 is 8.78 Å². The van der Waals surface area contributed by atoms with Crippen LogP contribution in [0.2, 0.25) is 0 Å². The molecule has 1 aliphatic heterocycles. The van der Waals surface area contributed by atoms with Gasteiger partial charge in [-0.05, 0) is 37.4 Å². The van der Waals surface area contributed by atoms with Gasteiger partial charge in [-0.25, -0.2) is 8.78 Å². The predicted octanol–water partition coefficient (Wildman–Crippen LogP) is 2.72. The van der Waals surface area contributed by atoms with Crippen molar-refractivity contribution in [1.29, 1.82) is 0 Å². The number of anilines is 1. The summed E-state index contributed by atoms with van der Waals surface area (Å²) in [5, 5.41) is 3.43. The zero-order chi connectivity index (χ0) is 13.1. The van der Waals surface area contributed by atoms with E-state index in [1.54, 1.807) is 0 Å². The highest BCUT2D eigenvalue weighted by molar-refractivity contribution is 5.53. The van der Waals surface area contributed by atoms with E-state index < -0.39 is 11.6 Å². The fourth-order valence-electron chi connectivity index (χ4n) is 2.52. The van der Waals surface area contributed by atoms with Gasteiger partial charge in [0.05, 0.1) is 0 Å². The minimum absolute atomic E-state index is 0.377. The van der Waals surface area contributed by atoms with E-state index >= 15 is 0 Å². The van der Waals surface area contributed by atoms with E-state index in [9.17, 15) is 8.78 Å². The summed E-state index contributed by atoms with van der Waals surface area (Å²) in [6, 6.07) is 3.00. The Morgan fingerprint density at radius 3 is 2.56 bits per heavy atom. The van der Waals surface area contributed by atoms with Crippen molar-refractivity contribution in [2.45, 2.75) is 31.7 Å². The second kappa shape index (κ2) is 5.65. The SMILES string of the molecule is CN(C)c1cc(F)c(F)cc1CC1CCCCN1. The van der Waals surface area contributed by atoms with Crippen LogP contribution in [0.15, 0.2) is 12.1 Å². The maximum Gasteiger partial charge on any atom is 0.160 e. The van der Waals surface area contributed by atoms with E-state index in [-0.39, 0.29) is 0 Å². The van der Waals surface area contributed by atoms with Crippen LogP contribution in [0.5, 0.6) is 0 Å². The predicted molar refractivity (Wildman–Crippen MR) is 70.0 cm³/mol. The third-order valence-corrected chi connectivity index (χ3v) is 3.48. The van der Waals surface area contributed by atoms with Crippen LogP contribution < -0.4 is 10.2 Å². The molecular formula is C14H20F2N2. The van der Waals surface area contributed by atoms with Gasteiger partial charge < -0.3 is 10.2 Å². The van der Waals surface area contributed by atoms with Crippen LogP contribution in [0.4, 0.5) is 14.5 Å². The van der Waals surface area contributed by atoms with Gasteiger partial charge >= 0.3 is 0 Å². The fourth-order valence-corrected chi connectivity index (χ4v) is 2.52. The van der Waals surface area contributed by atoms with E-state index in [0.717, 1.165) is 30.6 Å². The standard InChI is InChI=1S/C14H20F2N2/c1-18(2)14-9-13(16)12(15)8-10(14)7-11-5-3-4-6-17-11/h8-9,11,17H,3-7H2,1-2H3. The number of nitrogens with zero attached hydrogens (tertiary/aromatic N) is 1. The van der Waals surface area contributed by atoms with Gasteiger partial charge in [-0.3, -0.25) is 0 Å². The van der Waals surface area contributed by atoms with Crippen molar-refractivity contribution in [2.75, 3.05) is 25.5 Å². The van der Waals surface area contributed by atoms with Crippen LogP contribution in [0.1, 0.15) is 24.8 Å². The van der Waals surface area contributed by atoms with Gasteiger partial charge in [0.25, 0.3) is 0 Å². The van der Waals surface area contributed by atoms with E-state index in [4.69, 9.17) is 0 Å². The Morgan fingerprint density at radius 1 is 1.22 bits per heavy atom. The molecule has 1 aliphatic rings. The molecule has 1 atom stereocenters. The van der Waals surface area contributed by atoms with Gasteiger partial charge in [0, 0.05) is 31.9 Å². The molecule has 0 aromatic heterocycles. The zero-order valence-corrected chi connectivity index (χ0v) is 11.0. The Hall–Kier alpha value is -1.16. The molecule has 2 rings (SSSR count). The molecule has 0 bridgehead atoms. The molecule has 1 aromatic rings. The van der Waals surface area contributed by atoms with Crippen molar-refractivity contribution in [2.24, 2.45) is 0 Å². The molecule has 1 saturated heterocycles. The highest BCUT2D eigenvalue weighted by Crippen LogP contribution is 2.25. The topological polar surface area (TPSA) is 15.3 Å². The molecule has 4 heteroatoms. The number of rotatable bonds is 3. The van der Waals surface area contributed by atoms with Crippen molar-refractivity contribution in [3.8, 4) is 0 Å². The molecule has 1 fully saturated rings.